The van der Waals surface area contributed by atoms with E-state index in [4.69, 9.17) is 17.3 Å². The van der Waals surface area contributed by atoms with Gasteiger partial charge in [-0.3, -0.25) is 4.90 Å². The maximum Gasteiger partial charge on any atom is 0.0479 e. The highest BCUT2D eigenvalue weighted by Gasteiger charge is 2.17. The second-order valence-corrected chi connectivity index (χ2v) is 5.19. The van der Waals surface area contributed by atoms with Gasteiger partial charge in [0.2, 0.25) is 0 Å². The Morgan fingerprint density at radius 1 is 1.50 bits per heavy atom. The molecular weight excluding hydrogens is 288 g/mol. The van der Waals surface area contributed by atoms with Gasteiger partial charge in [-0.1, -0.05) is 34.5 Å². The Kier molecular flexibility index (Phi) is 5.76. The zero-order chi connectivity index (χ0) is 12.1. The SMILES string of the molecule is CCCN(C)C(CN)c1cc(Cl)ccc1Br. The number of nitrogens with zero attached hydrogens (tertiary/aromatic N) is 1. The molecular formula is C12H18BrClN2. The van der Waals surface area contributed by atoms with Crippen LogP contribution in [-0.2, 0) is 0 Å². The summed E-state index contributed by atoms with van der Waals surface area (Å²) < 4.78 is 1.07. The Morgan fingerprint density at radius 3 is 2.75 bits per heavy atom. The third-order valence-electron chi connectivity index (χ3n) is 2.65. The van der Waals surface area contributed by atoms with E-state index in [1.54, 1.807) is 0 Å². The molecule has 0 aliphatic carbocycles. The van der Waals surface area contributed by atoms with Crippen LogP contribution in [0.4, 0.5) is 0 Å². The molecule has 1 unspecified atom stereocenters. The molecule has 0 fully saturated rings. The normalized spacial score (nSPS) is 13.1. The van der Waals surface area contributed by atoms with E-state index in [0.717, 1.165) is 28.0 Å². The Balaban J connectivity index is 2.98. The number of hydrogen-bond donors (Lipinski definition) is 1. The number of rotatable bonds is 5. The molecule has 0 aliphatic heterocycles. The zero-order valence-corrected chi connectivity index (χ0v) is 12.1. The van der Waals surface area contributed by atoms with Crippen LogP contribution in [-0.4, -0.2) is 25.0 Å². The molecule has 0 heterocycles. The van der Waals surface area contributed by atoms with Gasteiger partial charge in [-0.2, -0.15) is 0 Å². The van der Waals surface area contributed by atoms with Crippen LogP contribution < -0.4 is 5.73 Å². The largest absolute Gasteiger partial charge is 0.329 e. The maximum atomic E-state index is 6.02. The van der Waals surface area contributed by atoms with Gasteiger partial charge in [-0.05, 0) is 43.8 Å². The van der Waals surface area contributed by atoms with Crippen molar-refractivity contribution in [3.63, 3.8) is 0 Å². The van der Waals surface area contributed by atoms with E-state index < -0.39 is 0 Å². The van der Waals surface area contributed by atoms with Gasteiger partial charge >= 0.3 is 0 Å². The van der Waals surface area contributed by atoms with Gasteiger partial charge in [-0.15, -0.1) is 0 Å². The van der Waals surface area contributed by atoms with Crippen LogP contribution in [0, 0.1) is 0 Å². The number of hydrogen-bond acceptors (Lipinski definition) is 2. The molecule has 0 saturated carbocycles. The molecule has 2 N–H and O–H groups in total. The van der Waals surface area contributed by atoms with E-state index in [9.17, 15) is 0 Å². The highest BCUT2D eigenvalue weighted by molar-refractivity contribution is 9.10. The molecule has 1 rings (SSSR count). The minimum atomic E-state index is 0.216. The molecule has 1 aromatic rings. The van der Waals surface area contributed by atoms with Crippen molar-refractivity contribution in [1.82, 2.24) is 4.90 Å². The molecule has 0 aromatic heterocycles. The van der Waals surface area contributed by atoms with Crippen molar-refractivity contribution in [2.75, 3.05) is 20.1 Å². The summed E-state index contributed by atoms with van der Waals surface area (Å²) >= 11 is 9.57. The highest BCUT2D eigenvalue weighted by atomic mass is 79.9. The van der Waals surface area contributed by atoms with Crippen molar-refractivity contribution in [2.45, 2.75) is 19.4 Å². The van der Waals surface area contributed by atoms with E-state index in [2.05, 4.69) is 34.8 Å². The van der Waals surface area contributed by atoms with Crippen LogP contribution in [0.25, 0.3) is 0 Å². The van der Waals surface area contributed by atoms with E-state index >= 15 is 0 Å². The minimum absolute atomic E-state index is 0.216. The lowest BCUT2D eigenvalue weighted by Gasteiger charge is -2.27. The van der Waals surface area contributed by atoms with Crippen LogP contribution in [0.1, 0.15) is 24.9 Å². The summed E-state index contributed by atoms with van der Waals surface area (Å²) in [5, 5.41) is 0.751. The predicted molar refractivity (Wildman–Crippen MR) is 73.9 cm³/mol. The molecule has 0 bridgehead atoms. The fourth-order valence-corrected chi connectivity index (χ4v) is 2.51. The van der Waals surface area contributed by atoms with Crippen molar-refractivity contribution >= 4 is 27.5 Å². The van der Waals surface area contributed by atoms with Gasteiger partial charge in [0.1, 0.15) is 0 Å². The van der Waals surface area contributed by atoms with Gasteiger partial charge < -0.3 is 5.73 Å². The molecule has 1 aromatic carbocycles. The topological polar surface area (TPSA) is 29.3 Å². The summed E-state index contributed by atoms with van der Waals surface area (Å²) in [5.74, 6) is 0. The lowest BCUT2D eigenvalue weighted by Crippen LogP contribution is -2.31. The van der Waals surface area contributed by atoms with Gasteiger partial charge in [0, 0.05) is 22.1 Å². The molecule has 0 radical (unpaired) electrons. The smallest absolute Gasteiger partial charge is 0.0479 e. The predicted octanol–water partition coefficient (Wildman–Crippen LogP) is 3.44. The summed E-state index contributed by atoms with van der Waals surface area (Å²) in [4.78, 5) is 2.26. The van der Waals surface area contributed by atoms with Crippen molar-refractivity contribution < 1.29 is 0 Å². The first-order valence-electron chi connectivity index (χ1n) is 5.45. The van der Waals surface area contributed by atoms with E-state index in [1.165, 1.54) is 0 Å². The third kappa shape index (κ3) is 3.45. The highest BCUT2D eigenvalue weighted by Crippen LogP contribution is 2.29. The average Bonchev–Trinajstić information content (AvgIpc) is 2.24. The molecule has 0 spiro atoms. The van der Waals surface area contributed by atoms with Gasteiger partial charge in [0.15, 0.2) is 0 Å². The second-order valence-electron chi connectivity index (χ2n) is 3.90. The maximum absolute atomic E-state index is 6.02. The summed E-state index contributed by atoms with van der Waals surface area (Å²) in [6.45, 7) is 3.79. The second kappa shape index (κ2) is 6.60. The van der Waals surface area contributed by atoms with Crippen molar-refractivity contribution in [3.05, 3.63) is 33.3 Å². The minimum Gasteiger partial charge on any atom is -0.329 e. The summed E-state index contributed by atoms with van der Waals surface area (Å²) in [6.07, 6.45) is 1.12. The number of likely N-dealkylation sites (N-methyl/N-ethyl adjacent to an activating group) is 1. The lowest BCUT2D eigenvalue weighted by atomic mass is 10.1. The molecule has 4 heteroatoms. The molecule has 2 nitrogen and oxygen atoms in total. The molecule has 1 atom stereocenters. The van der Waals surface area contributed by atoms with Gasteiger partial charge in [-0.25, -0.2) is 0 Å². The van der Waals surface area contributed by atoms with Crippen LogP contribution in [0.15, 0.2) is 22.7 Å². The molecule has 0 saturated heterocycles. The van der Waals surface area contributed by atoms with E-state index in [0.29, 0.717) is 6.54 Å². The van der Waals surface area contributed by atoms with Crippen molar-refractivity contribution in [1.29, 1.82) is 0 Å². The first-order valence-corrected chi connectivity index (χ1v) is 6.62. The van der Waals surface area contributed by atoms with Crippen LogP contribution in [0.3, 0.4) is 0 Å². The average molecular weight is 306 g/mol. The molecule has 0 amide bonds. The lowest BCUT2D eigenvalue weighted by molar-refractivity contribution is 0.250. The third-order valence-corrected chi connectivity index (χ3v) is 3.61. The number of benzene rings is 1. The van der Waals surface area contributed by atoms with Crippen molar-refractivity contribution in [3.8, 4) is 0 Å². The quantitative estimate of drug-likeness (QED) is 0.903. The van der Waals surface area contributed by atoms with E-state index in [-0.39, 0.29) is 6.04 Å². The Labute approximate surface area is 111 Å². The summed E-state index contributed by atoms with van der Waals surface area (Å²) in [7, 11) is 2.09. The fraction of sp³-hybridized carbons (Fsp3) is 0.500. The Morgan fingerprint density at radius 2 is 2.19 bits per heavy atom. The number of halogens is 2. The molecule has 90 valence electrons. The molecule has 0 aliphatic rings. The zero-order valence-electron chi connectivity index (χ0n) is 9.71. The van der Waals surface area contributed by atoms with Gasteiger partial charge in [0.25, 0.3) is 0 Å². The monoisotopic (exact) mass is 304 g/mol. The van der Waals surface area contributed by atoms with Crippen LogP contribution in [0.5, 0.6) is 0 Å². The first-order chi connectivity index (χ1) is 7.60. The van der Waals surface area contributed by atoms with E-state index in [1.807, 2.05) is 18.2 Å². The van der Waals surface area contributed by atoms with Crippen LogP contribution >= 0.6 is 27.5 Å². The summed E-state index contributed by atoms with van der Waals surface area (Å²) in [6, 6.07) is 6.05. The Hall–Kier alpha value is -0.0900. The first kappa shape index (κ1) is 14.0. The van der Waals surface area contributed by atoms with Crippen LogP contribution in [0.2, 0.25) is 5.02 Å². The fourth-order valence-electron chi connectivity index (χ4n) is 1.82. The van der Waals surface area contributed by atoms with Gasteiger partial charge in [0.05, 0.1) is 0 Å². The number of nitrogens with two attached hydrogens (primary N) is 1. The molecule has 16 heavy (non-hydrogen) atoms. The standard InChI is InChI=1S/C12H18BrClN2/c1-3-6-16(2)12(8-15)10-7-9(14)4-5-11(10)13/h4-5,7,12H,3,6,8,15H2,1-2H3. The Bertz CT molecular complexity index is 344. The summed E-state index contributed by atoms with van der Waals surface area (Å²) in [5.41, 5.74) is 7.01. The van der Waals surface area contributed by atoms with Crippen molar-refractivity contribution in [2.24, 2.45) is 5.73 Å².